The third-order valence-corrected chi connectivity index (χ3v) is 5.46. The number of rotatable bonds is 7. The van der Waals surface area contributed by atoms with E-state index in [9.17, 15) is 14.4 Å². The molecule has 1 atom stereocenters. The highest BCUT2D eigenvalue weighted by molar-refractivity contribution is 5.97. The number of carbonyl (C=O) groups excluding carboxylic acids is 3. The molecule has 0 spiro atoms. The molecule has 0 unspecified atom stereocenters. The van der Waals surface area contributed by atoms with E-state index in [2.05, 4.69) is 5.32 Å². The Balaban J connectivity index is 1.57. The summed E-state index contributed by atoms with van der Waals surface area (Å²) in [5.41, 5.74) is 2.92. The van der Waals surface area contributed by atoms with Gasteiger partial charge in [0, 0.05) is 24.2 Å². The lowest BCUT2D eigenvalue weighted by Gasteiger charge is -2.21. The van der Waals surface area contributed by atoms with Crippen LogP contribution in [0.3, 0.4) is 0 Å². The minimum Gasteiger partial charge on any atom is -0.459 e. The van der Waals surface area contributed by atoms with Crippen LogP contribution >= 0.6 is 0 Å². The number of esters is 1. The van der Waals surface area contributed by atoms with Crippen molar-refractivity contribution >= 4 is 17.8 Å². The zero-order valence-electron chi connectivity index (χ0n) is 18.4. The van der Waals surface area contributed by atoms with Crippen molar-refractivity contribution in [2.45, 2.75) is 46.3 Å². The Kier molecular flexibility index (Phi) is 7.45. The summed E-state index contributed by atoms with van der Waals surface area (Å²) in [5, 5.41) is 2.79. The van der Waals surface area contributed by atoms with Crippen molar-refractivity contribution in [1.29, 1.82) is 0 Å². The number of nitrogens with one attached hydrogen (secondary N) is 1. The Morgan fingerprint density at radius 3 is 2.29 bits per heavy atom. The fourth-order valence-corrected chi connectivity index (χ4v) is 3.60. The Hall–Kier alpha value is -3.15. The standard InChI is InChI=1S/C25H30N2O4/c1-17(2)22(26-23(28)21-8-6-7-18(3)15-21)25(30)31-16-19-9-11-20(12-10-19)24(29)27-13-4-5-14-27/h6-12,15,17,22H,4-5,13-14,16H2,1-3H3,(H,26,28)/t22-/m0/s1. The number of hydrogen-bond donors (Lipinski definition) is 1. The van der Waals surface area contributed by atoms with Crippen LogP contribution in [-0.4, -0.2) is 41.8 Å². The fourth-order valence-electron chi connectivity index (χ4n) is 3.60. The molecule has 1 heterocycles. The maximum atomic E-state index is 12.6. The van der Waals surface area contributed by atoms with Crippen LogP contribution in [0.4, 0.5) is 0 Å². The molecule has 1 aliphatic rings. The number of likely N-dealkylation sites (tertiary alicyclic amines) is 1. The van der Waals surface area contributed by atoms with E-state index >= 15 is 0 Å². The first-order valence-electron chi connectivity index (χ1n) is 10.8. The van der Waals surface area contributed by atoms with Crippen LogP contribution in [0, 0.1) is 12.8 Å². The molecular weight excluding hydrogens is 392 g/mol. The number of nitrogens with zero attached hydrogens (tertiary/aromatic N) is 1. The van der Waals surface area contributed by atoms with E-state index in [-0.39, 0.29) is 24.3 Å². The van der Waals surface area contributed by atoms with Gasteiger partial charge in [-0.05, 0) is 55.5 Å². The van der Waals surface area contributed by atoms with E-state index in [0.29, 0.717) is 11.1 Å². The van der Waals surface area contributed by atoms with E-state index in [0.717, 1.165) is 37.1 Å². The van der Waals surface area contributed by atoms with Crippen molar-refractivity contribution < 1.29 is 19.1 Å². The zero-order chi connectivity index (χ0) is 22.4. The van der Waals surface area contributed by atoms with Crippen LogP contribution in [0.15, 0.2) is 48.5 Å². The monoisotopic (exact) mass is 422 g/mol. The van der Waals surface area contributed by atoms with Crippen LogP contribution in [0.25, 0.3) is 0 Å². The summed E-state index contributed by atoms with van der Waals surface area (Å²) >= 11 is 0. The normalized spacial score (nSPS) is 14.4. The first-order chi connectivity index (χ1) is 14.8. The van der Waals surface area contributed by atoms with Crippen LogP contribution in [0.1, 0.15) is 58.5 Å². The first-order valence-corrected chi connectivity index (χ1v) is 10.8. The summed E-state index contributed by atoms with van der Waals surface area (Å²) < 4.78 is 5.46. The molecule has 1 N–H and O–H groups in total. The average molecular weight is 423 g/mol. The minimum atomic E-state index is -0.746. The highest BCUT2D eigenvalue weighted by Crippen LogP contribution is 2.15. The number of benzene rings is 2. The van der Waals surface area contributed by atoms with Crippen LogP contribution < -0.4 is 5.32 Å². The molecule has 0 aliphatic carbocycles. The topological polar surface area (TPSA) is 75.7 Å². The van der Waals surface area contributed by atoms with Gasteiger partial charge in [0.25, 0.3) is 11.8 Å². The Morgan fingerprint density at radius 1 is 1.00 bits per heavy atom. The molecule has 0 aromatic heterocycles. The summed E-state index contributed by atoms with van der Waals surface area (Å²) in [5.74, 6) is -0.862. The predicted octanol–water partition coefficient (Wildman–Crippen LogP) is 3.73. The van der Waals surface area contributed by atoms with Crippen molar-refractivity contribution in [2.24, 2.45) is 5.92 Å². The van der Waals surface area contributed by atoms with Crippen molar-refractivity contribution in [2.75, 3.05) is 13.1 Å². The SMILES string of the molecule is Cc1cccc(C(=O)N[C@H](C(=O)OCc2ccc(C(=O)N3CCCC3)cc2)C(C)C)c1. The summed E-state index contributed by atoms with van der Waals surface area (Å²) in [6.07, 6.45) is 2.11. The molecule has 2 aromatic carbocycles. The second kappa shape index (κ2) is 10.2. The van der Waals surface area contributed by atoms with Gasteiger partial charge < -0.3 is 15.0 Å². The van der Waals surface area contributed by atoms with Crippen LogP contribution in [0.5, 0.6) is 0 Å². The van der Waals surface area contributed by atoms with Crippen molar-refractivity contribution in [3.63, 3.8) is 0 Å². The maximum absolute atomic E-state index is 12.6. The van der Waals surface area contributed by atoms with Gasteiger partial charge >= 0.3 is 5.97 Å². The van der Waals surface area contributed by atoms with Gasteiger partial charge in [-0.2, -0.15) is 0 Å². The highest BCUT2D eigenvalue weighted by atomic mass is 16.5. The van der Waals surface area contributed by atoms with Crippen molar-refractivity contribution in [3.8, 4) is 0 Å². The molecule has 6 heteroatoms. The van der Waals surface area contributed by atoms with Crippen molar-refractivity contribution in [1.82, 2.24) is 10.2 Å². The molecule has 0 radical (unpaired) electrons. The quantitative estimate of drug-likeness (QED) is 0.690. The van der Waals surface area contributed by atoms with E-state index in [4.69, 9.17) is 4.74 Å². The van der Waals surface area contributed by atoms with E-state index < -0.39 is 12.0 Å². The van der Waals surface area contributed by atoms with Crippen LogP contribution in [0.2, 0.25) is 0 Å². The maximum Gasteiger partial charge on any atom is 0.329 e. The summed E-state index contributed by atoms with van der Waals surface area (Å²) in [6.45, 7) is 7.34. The number of carbonyl (C=O) groups is 3. The van der Waals surface area contributed by atoms with Gasteiger partial charge in [0.1, 0.15) is 12.6 Å². The largest absolute Gasteiger partial charge is 0.459 e. The van der Waals surface area contributed by atoms with E-state index in [1.165, 1.54) is 0 Å². The lowest BCUT2D eigenvalue weighted by atomic mass is 10.0. The minimum absolute atomic E-state index is 0.0415. The number of aryl methyl sites for hydroxylation is 1. The smallest absolute Gasteiger partial charge is 0.329 e. The van der Waals surface area contributed by atoms with Gasteiger partial charge in [-0.3, -0.25) is 9.59 Å². The predicted molar refractivity (Wildman–Crippen MR) is 119 cm³/mol. The number of hydrogen-bond acceptors (Lipinski definition) is 4. The second-order valence-electron chi connectivity index (χ2n) is 8.37. The first kappa shape index (κ1) is 22.5. The van der Waals surface area contributed by atoms with E-state index in [1.807, 2.05) is 37.8 Å². The lowest BCUT2D eigenvalue weighted by molar-refractivity contribution is -0.148. The Bertz CT molecular complexity index is 931. The molecular formula is C25H30N2O4. The molecule has 2 amide bonds. The summed E-state index contributed by atoms with van der Waals surface area (Å²) in [7, 11) is 0. The van der Waals surface area contributed by atoms with Gasteiger partial charge in [-0.15, -0.1) is 0 Å². The van der Waals surface area contributed by atoms with Gasteiger partial charge in [-0.25, -0.2) is 4.79 Å². The molecule has 0 bridgehead atoms. The number of ether oxygens (including phenoxy) is 1. The molecule has 3 rings (SSSR count). The Morgan fingerprint density at radius 2 is 1.68 bits per heavy atom. The molecule has 0 saturated carbocycles. The Labute approximate surface area is 183 Å². The average Bonchev–Trinajstić information content (AvgIpc) is 3.30. The highest BCUT2D eigenvalue weighted by Gasteiger charge is 2.26. The van der Waals surface area contributed by atoms with Crippen molar-refractivity contribution in [3.05, 3.63) is 70.8 Å². The third-order valence-electron chi connectivity index (χ3n) is 5.46. The van der Waals surface area contributed by atoms with E-state index in [1.54, 1.807) is 36.4 Å². The molecule has 31 heavy (non-hydrogen) atoms. The van der Waals surface area contributed by atoms with Gasteiger partial charge in [0.2, 0.25) is 0 Å². The molecule has 1 aliphatic heterocycles. The summed E-state index contributed by atoms with van der Waals surface area (Å²) in [4.78, 5) is 39.5. The third kappa shape index (κ3) is 5.94. The second-order valence-corrected chi connectivity index (χ2v) is 8.37. The fraction of sp³-hybridized carbons (Fsp3) is 0.400. The lowest BCUT2D eigenvalue weighted by Crippen LogP contribution is -2.45. The molecule has 2 aromatic rings. The van der Waals surface area contributed by atoms with Crippen LogP contribution in [-0.2, 0) is 16.1 Å². The molecule has 164 valence electrons. The summed E-state index contributed by atoms with van der Waals surface area (Å²) in [6, 6.07) is 13.6. The van der Waals surface area contributed by atoms with Gasteiger partial charge in [0.05, 0.1) is 0 Å². The molecule has 1 saturated heterocycles. The van der Waals surface area contributed by atoms with Gasteiger partial charge in [-0.1, -0.05) is 43.7 Å². The zero-order valence-corrected chi connectivity index (χ0v) is 18.4. The molecule has 1 fully saturated rings. The molecule has 6 nitrogen and oxygen atoms in total. The number of amides is 2. The van der Waals surface area contributed by atoms with Gasteiger partial charge in [0.15, 0.2) is 0 Å².